The quantitative estimate of drug-likeness (QED) is 0.825. The van der Waals surface area contributed by atoms with Gasteiger partial charge in [0.2, 0.25) is 5.82 Å². The van der Waals surface area contributed by atoms with Gasteiger partial charge in [-0.15, -0.1) is 0 Å². The van der Waals surface area contributed by atoms with Gasteiger partial charge >= 0.3 is 0 Å². The summed E-state index contributed by atoms with van der Waals surface area (Å²) in [6.45, 7) is 4.20. The summed E-state index contributed by atoms with van der Waals surface area (Å²) in [5, 5.41) is 3.29. The predicted octanol–water partition coefficient (Wildman–Crippen LogP) is 1.69. The maximum Gasteiger partial charge on any atom is 0.200 e. The fourth-order valence-corrected chi connectivity index (χ4v) is 2.76. The molecular formula is C13H16F2N2O. The molecule has 0 aliphatic carbocycles. The summed E-state index contributed by atoms with van der Waals surface area (Å²) in [5.41, 5.74) is 0.780. The maximum absolute atomic E-state index is 13.7. The standard InChI is InChI=1S/C13H16F2N2O/c14-10-2-1-9-11(17-6-4-16-5-7-17)3-8-18-13(9)12(10)15/h1-2,11,16H,3-8H2. The molecular weight excluding hydrogens is 238 g/mol. The van der Waals surface area contributed by atoms with Crippen LogP contribution in [0.5, 0.6) is 5.75 Å². The molecule has 1 N–H and O–H groups in total. The molecule has 0 spiro atoms. The molecule has 2 heterocycles. The van der Waals surface area contributed by atoms with Crippen LogP contribution in [0, 0.1) is 11.6 Å². The molecule has 1 aromatic rings. The molecule has 1 aromatic carbocycles. The number of halogens is 2. The van der Waals surface area contributed by atoms with E-state index in [1.54, 1.807) is 6.07 Å². The summed E-state index contributed by atoms with van der Waals surface area (Å²) < 4.78 is 32.2. The number of piperazine rings is 1. The normalized spacial score (nSPS) is 24.4. The van der Waals surface area contributed by atoms with Crippen molar-refractivity contribution in [2.45, 2.75) is 12.5 Å². The molecule has 2 aliphatic rings. The van der Waals surface area contributed by atoms with Gasteiger partial charge in [0.15, 0.2) is 11.6 Å². The molecule has 3 nitrogen and oxygen atoms in total. The van der Waals surface area contributed by atoms with Gasteiger partial charge in [0, 0.05) is 44.2 Å². The highest BCUT2D eigenvalue weighted by atomic mass is 19.2. The zero-order chi connectivity index (χ0) is 12.5. The lowest BCUT2D eigenvalue weighted by Crippen LogP contribution is -2.46. The summed E-state index contributed by atoms with van der Waals surface area (Å²) in [7, 11) is 0. The van der Waals surface area contributed by atoms with Crippen molar-refractivity contribution in [1.82, 2.24) is 10.2 Å². The van der Waals surface area contributed by atoms with Crippen molar-refractivity contribution < 1.29 is 13.5 Å². The maximum atomic E-state index is 13.7. The Morgan fingerprint density at radius 3 is 2.78 bits per heavy atom. The van der Waals surface area contributed by atoms with E-state index < -0.39 is 11.6 Å². The molecule has 18 heavy (non-hydrogen) atoms. The summed E-state index contributed by atoms with van der Waals surface area (Å²) in [6, 6.07) is 2.99. The molecule has 5 heteroatoms. The Balaban J connectivity index is 1.94. The second-order valence-electron chi connectivity index (χ2n) is 4.72. The second-order valence-corrected chi connectivity index (χ2v) is 4.72. The van der Waals surface area contributed by atoms with Crippen LogP contribution in [-0.2, 0) is 0 Å². The Kier molecular flexibility index (Phi) is 3.18. The van der Waals surface area contributed by atoms with Crippen LogP contribution in [0.2, 0.25) is 0 Å². The van der Waals surface area contributed by atoms with E-state index in [0.29, 0.717) is 6.61 Å². The predicted molar refractivity (Wildman–Crippen MR) is 63.7 cm³/mol. The first-order valence-electron chi connectivity index (χ1n) is 6.33. The van der Waals surface area contributed by atoms with E-state index in [9.17, 15) is 8.78 Å². The van der Waals surface area contributed by atoms with Crippen molar-refractivity contribution in [3.8, 4) is 5.75 Å². The van der Waals surface area contributed by atoms with Crippen molar-refractivity contribution in [3.63, 3.8) is 0 Å². The van der Waals surface area contributed by atoms with Crippen LogP contribution >= 0.6 is 0 Å². The number of fused-ring (bicyclic) bond motifs is 1. The van der Waals surface area contributed by atoms with Crippen molar-refractivity contribution in [2.24, 2.45) is 0 Å². The molecule has 0 saturated carbocycles. The molecule has 2 aliphatic heterocycles. The Morgan fingerprint density at radius 2 is 2.00 bits per heavy atom. The first-order valence-corrected chi connectivity index (χ1v) is 6.33. The zero-order valence-electron chi connectivity index (χ0n) is 10.1. The van der Waals surface area contributed by atoms with Gasteiger partial charge in [-0.3, -0.25) is 4.90 Å². The van der Waals surface area contributed by atoms with Gasteiger partial charge in [0.25, 0.3) is 0 Å². The summed E-state index contributed by atoms with van der Waals surface area (Å²) >= 11 is 0. The Hall–Kier alpha value is -1.20. The van der Waals surface area contributed by atoms with E-state index in [2.05, 4.69) is 10.2 Å². The van der Waals surface area contributed by atoms with Crippen molar-refractivity contribution in [1.29, 1.82) is 0 Å². The fraction of sp³-hybridized carbons (Fsp3) is 0.538. The van der Waals surface area contributed by atoms with E-state index >= 15 is 0 Å². The van der Waals surface area contributed by atoms with Crippen LogP contribution in [0.3, 0.4) is 0 Å². The summed E-state index contributed by atoms with van der Waals surface area (Å²) in [5.74, 6) is -1.59. The van der Waals surface area contributed by atoms with Crippen LogP contribution in [0.15, 0.2) is 12.1 Å². The zero-order valence-corrected chi connectivity index (χ0v) is 10.1. The van der Waals surface area contributed by atoms with Crippen molar-refractivity contribution in [2.75, 3.05) is 32.8 Å². The first-order chi connectivity index (χ1) is 8.77. The van der Waals surface area contributed by atoms with Crippen LogP contribution in [0.1, 0.15) is 18.0 Å². The number of benzene rings is 1. The van der Waals surface area contributed by atoms with Crippen LogP contribution in [-0.4, -0.2) is 37.7 Å². The van der Waals surface area contributed by atoms with Gasteiger partial charge < -0.3 is 10.1 Å². The second kappa shape index (κ2) is 4.82. The third-order valence-corrected chi connectivity index (χ3v) is 3.67. The number of ether oxygens (including phenoxy) is 1. The molecule has 0 amide bonds. The molecule has 1 fully saturated rings. The van der Waals surface area contributed by atoms with E-state index in [0.717, 1.165) is 38.2 Å². The van der Waals surface area contributed by atoms with Gasteiger partial charge in [0.05, 0.1) is 6.61 Å². The smallest absolute Gasteiger partial charge is 0.200 e. The fourth-order valence-electron chi connectivity index (χ4n) is 2.76. The third kappa shape index (κ3) is 1.97. The Bertz CT molecular complexity index is 447. The van der Waals surface area contributed by atoms with Gasteiger partial charge in [0.1, 0.15) is 0 Å². The molecule has 1 unspecified atom stereocenters. The highest BCUT2D eigenvalue weighted by Crippen LogP contribution is 2.38. The van der Waals surface area contributed by atoms with Crippen LogP contribution in [0.25, 0.3) is 0 Å². The third-order valence-electron chi connectivity index (χ3n) is 3.67. The van der Waals surface area contributed by atoms with E-state index in [1.807, 2.05) is 0 Å². The SMILES string of the molecule is Fc1ccc2c(c1F)OCCC2N1CCNCC1. The lowest BCUT2D eigenvalue weighted by Gasteiger charge is -2.38. The number of hydrogen-bond donors (Lipinski definition) is 1. The molecule has 0 radical (unpaired) electrons. The highest BCUT2D eigenvalue weighted by molar-refractivity contribution is 5.39. The topological polar surface area (TPSA) is 24.5 Å². The molecule has 0 bridgehead atoms. The van der Waals surface area contributed by atoms with Crippen LogP contribution < -0.4 is 10.1 Å². The number of nitrogens with one attached hydrogen (secondary N) is 1. The minimum Gasteiger partial charge on any atom is -0.490 e. The minimum atomic E-state index is -0.854. The molecule has 1 saturated heterocycles. The lowest BCUT2D eigenvalue weighted by molar-refractivity contribution is 0.122. The monoisotopic (exact) mass is 254 g/mol. The largest absolute Gasteiger partial charge is 0.490 e. The molecule has 0 aromatic heterocycles. The van der Waals surface area contributed by atoms with E-state index in [4.69, 9.17) is 4.74 Å². The van der Waals surface area contributed by atoms with Gasteiger partial charge in [-0.05, 0) is 6.07 Å². The molecule has 98 valence electrons. The number of nitrogens with zero attached hydrogens (tertiary/aromatic N) is 1. The van der Waals surface area contributed by atoms with Gasteiger partial charge in [-0.2, -0.15) is 4.39 Å². The van der Waals surface area contributed by atoms with Gasteiger partial charge in [-0.25, -0.2) is 4.39 Å². The van der Waals surface area contributed by atoms with Crippen LogP contribution in [0.4, 0.5) is 8.78 Å². The molecule has 1 atom stereocenters. The number of rotatable bonds is 1. The first kappa shape index (κ1) is 11.9. The minimum absolute atomic E-state index is 0.102. The summed E-state index contributed by atoms with van der Waals surface area (Å²) in [6.07, 6.45) is 0.831. The average Bonchev–Trinajstić information content (AvgIpc) is 2.43. The van der Waals surface area contributed by atoms with Crippen molar-refractivity contribution >= 4 is 0 Å². The van der Waals surface area contributed by atoms with Gasteiger partial charge in [-0.1, -0.05) is 6.07 Å². The number of hydrogen-bond acceptors (Lipinski definition) is 3. The van der Waals surface area contributed by atoms with E-state index in [1.165, 1.54) is 6.07 Å². The summed E-state index contributed by atoms with van der Waals surface area (Å²) in [4.78, 5) is 2.31. The van der Waals surface area contributed by atoms with E-state index in [-0.39, 0.29) is 11.8 Å². The highest BCUT2D eigenvalue weighted by Gasteiger charge is 2.30. The lowest BCUT2D eigenvalue weighted by atomic mass is 9.98. The Labute approximate surface area is 105 Å². The Morgan fingerprint density at radius 1 is 1.22 bits per heavy atom. The van der Waals surface area contributed by atoms with Crippen molar-refractivity contribution in [3.05, 3.63) is 29.3 Å². The average molecular weight is 254 g/mol. The molecule has 3 rings (SSSR count).